The van der Waals surface area contributed by atoms with Crippen molar-refractivity contribution in [2.45, 2.75) is 25.3 Å². The van der Waals surface area contributed by atoms with Crippen LogP contribution >= 0.6 is 0 Å². The van der Waals surface area contributed by atoms with E-state index >= 15 is 0 Å². The van der Waals surface area contributed by atoms with E-state index in [0.29, 0.717) is 18.5 Å². The van der Waals surface area contributed by atoms with Gasteiger partial charge in [-0.25, -0.2) is 0 Å². The van der Waals surface area contributed by atoms with Crippen LogP contribution in [0.25, 0.3) is 11.1 Å². The number of piperidine rings is 1. The summed E-state index contributed by atoms with van der Waals surface area (Å²) >= 11 is 0. The van der Waals surface area contributed by atoms with Crippen molar-refractivity contribution in [1.29, 1.82) is 0 Å². The summed E-state index contributed by atoms with van der Waals surface area (Å²) in [6.07, 6.45) is 2.60. The maximum absolute atomic E-state index is 13.1. The van der Waals surface area contributed by atoms with Crippen LogP contribution in [0.3, 0.4) is 0 Å². The number of nitrogens with zero attached hydrogens (tertiary/aromatic N) is 1. The number of nitrogens with one attached hydrogen (secondary N) is 1. The summed E-state index contributed by atoms with van der Waals surface area (Å²) in [4.78, 5) is 26.9. The molecule has 0 radical (unpaired) electrons. The zero-order chi connectivity index (χ0) is 18.5. The van der Waals surface area contributed by atoms with Crippen molar-refractivity contribution in [3.05, 3.63) is 54.1 Å². The van der Waals surface area contributed by atoms with E-state index in [0.717, 1.165) is 29.7 Å². The Kier molecular flexibility index (Phi) is 5.56. The molecule has 5 heteroatoms. The highest BCUT2D eigenvalue weighted by Gasteiger charge is 2.32. The minimum absolute atomic E-state index is 0.0944. The highest BCUT2D eigenvalue weighted by Crippen LogP contribution is 2.26. The molecule has 1 heterocycles. The van der Waals surface area contributed by atoms with Gasteiger partial charge < -0.3 is 15.0 Å². The number of hydrogen-bond acceptors (Lipinski definition) is 3. The molecule has 0 aromatic heterocycles. The molecular weight excluding hydrogens is 328 g/mol. The third-order valence-electron chi connectivity index (χ3n) is 4.83. The highest BCUT2D eigenvalue weighted by atomic mass is 16.5. The molecule has 1 aliphatic rings. The molecule has 1 N–H and O–H groups in total. The Bertz CT molecular complexity index is 803. The number of methoxy groups -OCH3 is 1. The van der Waals surface area contributed by atoms with E-state index < -0.39 is 0 Å². The number of carbonyl (C=O) groups excluding carboxylic acids is 2. The quantitative estimate of drug-likeness (QED) is 0.920. The predicted octanol–water partition coefficient (Wildman–Crippen LogP) is 3.10. The largest absolute Gasteiger partial charge is 0.497 e. The van der Waals surface area contributed by atoms with Crippen LogP contribution in [0.1, 0.15) is 29.6 Å². The lowest BCUT2D eigenvalue weighted by Crippen LogP contribution is -2.51. The number of benzene rings is 2. The van der Waals surface area contributed by atoms with Gasteiger partial charge in [0.05, 0.1) is 7.11 Å². The Morgan fingerprint density at radius 3 is 2.54 bits per heavy atom. The van der Waals surface area contributed by atoms with Crippen LogP contribution in [0, 0.1) is 0 Å². The average Bonchev–Trinajstić information content (AvgIpc) is 2.72. The van der Waals surface area contributed by atoms with Crippen molar-refractivity contribution in [2.75, 3.05) is 20.7 Å². The van der Waals surface area contributed by atoms with Gasteiger partial charge in [-0.3, -0.25) is 9.59 Å². The predicted molar refractivity (Wildman–Crippen MR) is 101 cm³/mol. The lowest BCUT2D eigenvalue weighted by molar-refractivity contribution is -0.126. The first kappa shape index (κ1) is 18.0. The van der Waals surface area contributed by atoms with Crippen LogP contribution < -0.4 is 10.1 Å². The number of ether oxygens (including phenoxy) is 1. The average molecular weight is 352 g/mol. The Morgan fingerprint density at radius 1 is 1.08 bits per heavy atom. The number of rotatable bonds is 4. The van der Waals surface area contributed by atoms with Gasteiger partial charge in [-0.15, -0.1) is 0 Å². The van der Waals surface area contributed by atoms with E-state index in [1.54, 1.807) is 19.1 Å². The molecule has 26 heavy (non-hydrogen) atoms. The summed E-state index contributed by atoms with van der Waals surface area (Å²) in [5.41, 5.74) is 2.53. The monoisotopic (exact) mass is 352 g/mol. The smallest absolute Gasteiger partial charge is 0.254 e. The second kappa shape index (κ2) is 8.04. The molecular formula is C21H24N2O3. The molecule has 0 aliphatic carbocycles. The minimum Gasteiger partial charge on any atom is -0.497 e. The van der Waals surface area contributed by atoms with Gasteiger partial charge >= 0.3 is 0 Å². The van der Waals surface area contributed by atoms with E-state index in [1.807, 2.05) is 48.5 Å². The molecule has 2 amide bonds. The standard InChI is InChI=1S/C21H24N2O3/c1-22-20(24)19-11-3-4-12-23(19)21(25)17-9-5-7-15(13-17)16-8-6-10-18(14-16)26-2/h5-10,13-14,19H,3-4,11-12H2,1-2H3,(H,22,24)/t19-/m1/s1. The van der Waals surface area contributed by atoms with E-state index in [4.69, 9.17) is 4.74 Å². The van der Waals surface area contributed by atoms with Gasteiger partial charge in [0.15, 0.2) is 0 Å². The third kappa shape index (κ3) is 3.72. The van der Waals surface area contributed by atoms with Crippen LogP contribution in [-0.4, -0.2) is 43.5 Å². The van der Waals surface area contributed by atoms with E-state index in [9.17, 15) is 9.59 Å². The van der Waals surface area contributed by atoms with Crippen molar-refractivity contribution in [2.24, 2.45) is 0 Å². The summed E-state index contributed by atoms with van der Waals surface area (Å²) in [6, 6.07) is 14.9. The third-order valence-corrected chi connectivity index (χ3v) is 4.83. The molecule has 5 nitrogen and oxygen atoms in total. The first-order valence-corrected chi connectivity index (χ1v) is 8.91. The zero-order valence-corrected chi connectivity index (χ0v) is 15.2. The summed E-state index contributed by atoms with van der Waals surface area (Å²) in [5.74, 6) is 0.583. The first-order valence-electron chi connectivity index (χ1n) is 8.91. The van der Waals surface area contributed by atoms with Crippen molar-refractivity contribution in [3.63, 3.8) is 0 Å². The molecule has 136 valence electrons. The second-order valence-corrected chi connectivity index (χ2v) is 6.44. The Balaban J connectivity index is 1.89. The number of carbonyl (C=O) groups is 2. The lowest BCUT2D eigenvalue weighted by atomic mass is 9.98. The van der Waals surface area contributed by atoms with Crippen molar-refractivity contribution < 1.29 is 14.3 Å². The van der Waals surface area contributed by atoms with Crippen molar-refractivity contribution in [3.8, 4) is 16.9 Å². The first-order chi connectivity index (χ1) is 12.6. The fourth-order valence-corrected chi connectivity index (χ4v) is 3.41. The van der Waals surface area contributed by atoms with Crippen molar-refractivity contribution in [1.82, 2.24) is 10.2 Å². The molecule has 3 rings (SSSR count). The zero-order valence-electron chi connectivity index (χ0n) is 15.2. The second-order valence-electron chi connectivity index (χ2n) is 6.44. The number of likely N-dealkylation sites (N-methyl/N-ethyl adjacent to an activating group) is 1. The van der Waals surface area contributed by atoms with Gasteiger partial charge in [-0.2, -0.15) is 0 Å². The van der Waals surface area contributed by atoms with Crippen LogP contribution in [0.5, 0.6) is 5.75 Å². The van der Waals surface area contributed by atoms with Gasteiger partial charge in [0, 0.05) is 19.2 Å². The maximum atomic E-state index is 13.1. The Labute approximate surface area is 154 Å². The number of likely N-dealkylation sites (tertiary alicyclic amines) is 1. The Morgan fingerprint density at radius 2 is 1.81 bits per heavy atom. The number of amides is 2. The van der Waals surface area contributed by atoms with Crippen LogP contribution in [0.2, 0.25) is 0 Å². The summed E-state index contributed by atoms with van der Waals surface area (Å²) in [5, 5.41) is 2.67. The molecule has 1 fully saturated rings. The lowest BCUT2D eigenvalue weighted by Gasteiger charge is -2.34. The maximum Gasteiger partial charge on any atom is 0.254 e. The highest BCUT2D eigenvalue weighted by molar-refractivity contribution is 5.98. The molecule has 2 aromatic rings. The number of hydrogen-bond donors (Lipinski definition) is 1. The topological polar surface area (TPSA) is 58.6 Å². The molecule has 0 saturated carbocycles. The van der Waals surface area contributed by atoms with Gasteiger partial charge in [-0.1, -0.05) is 24.3 Å². The molecule has 1 aliphatic heterocycles. The SMILES string of the molecule is CNC(=O)[C@H]1CCCCN1C(=O)c1cccc(-c2cccc(OC)c2)c1. The molecule has 1 saturated heterocycles. The fourth-order valence-electron chi connectivity index (χ4n) is 3.41. The molecule has 0 spiro atoms. The van der Waals surface area contributed by atoms with E-state index in [1.165, 1.54) is 0 Å². The summed E-state index contributed by atoms with van der Waals surface area (Å²) in [6.45, 7) is 0.611. The molecule has 1 atom stereocenters. The van der Waals surface area contributed by atoms with E-state index in [2.05, 4.69) is 5.32 Å². The van der Waals surface area contributed by atoms with Crippen molar-refractivity contribution >= 4 is 11.8 Å². The molecule has 2 aromatic carbocycles. The van der Waals surface area contributed by atoms with Gasteiger partial charge in [-0.05, 0) is 54.7 Å². The van der Waals surface area contributed by atoms with Crippen LogP contribution in [0.4, 0.5) is 0 Å². The van der Waals surface area contributed by atoms with E-state index in [-0.39, 0.29) is 17.9 Å². The summed E-state index contributed by atoms with van der Waals surface area (Å²) in [7, 11) is 3.25. The normalized spacial score (nSPS) is 16.8. The van der Waals surface area contributed by atoms with Gasteiger partial charge in [0.25, 0.3) is 5.91 Å². The Hall–Kier alpha value is -2.82. The van der Waals surface area contributed by atoms with Crippen LogP contribution in [0.15, 0.2) is 48.5 Å². The summed E-state index contributed by atoms with van der Waals surface area (Å²) < 4.78 is 5.28. The van der Waals surface area contributed by atoms with Crippen LogP contribution in [-0.2, 0) is 4.79 Å². The minimum atomic E-state index is -0.387. The van der Waals surface area contributed by atoms with Gasteiger partial charge in [0.1, 0.15) is 11.8 Å². The molecule has 0 unspecified atom stereocenters. The fraction of sp³-hybridized carbons (Fsp3) is 0.333. The van der Waals surface area contributed by atoms with Gasteiger partial charge in [0.2, 0.25) is 5.91 Å². The molecule has 0 bridgehead atoms.